The van der Waals surface area contributed by atoms with Crippen molar-refractivity contribution in [2.75, 3.05) is 14.2 Å². The van der Waals surface area contributed by atoms with Crippen molar-refractivity contribution in [2.24, 2.45) is 0 Å². The van der Waals surface area contributed by atoms with E-state index >= 15 is 0 Å². The van der Waals surface area contributed by atoms with Gasteiger partial charge in [0.25, 0.3) is 0 Å². The predicted octanol–water partition coefficient (Wildman–Crippen LogP) is 3.44. The van der Waals surface area contributed by atoms with E-state index < -0.39 is 5.54 Å². The molecule has 0 aliphatic carbocycles. The maximum absolute atomic E-state index is 12.2. The highest BCUT2D eigenvalue weighted by molar-refractivity contribution is 5.75. The van der Waals surface area contributed by atoms with Gasteiger partial charge >= 0.3 is 6.03 Å². The van der Waals surface area contributed by atoms with Crippen LogP contribution in [0.1, 0.15) is 25.0 Å². The fourth-order valence-corrected chi connectivity index (χ4v) is 2.43. The summed E-state index contributed by atoms with van der Waals surface area (Å²) < 4.78 is 10.4. The van der Waals surface area contributed by atoms with Crippen molar-refractivity contribution in [3.63, 3.8) is 0 Å². The quantitative estimate of drug-likeness (QED) is 0.854. The molecule has 0 bridgehead atoms. The van der Waals surface area contributed by atoms with Crippen LogP contribution in [0.15, 0.2) is 48.5 Å². The minimum absolute atomic E-state index is 0.235. The number of carbonyl (C=O) groups excluding carboxylic acids is 1. The SMILES string of the molecule is COc1ccc(C(C)(C)NC(=O)NCc2ccccc2OC)cc1. The molecular formula is C19H24N2O3. The molecule has 0 aliphatic rings. The van der Waals surface area contributed by atoms with E-state index in [1.165, 1.54) is 0 Å². The summed E-state index contributed by atoms with van der Waals surface area (Å²) in [5.41, 5.74) is 1.42. The molecule has 2 amide bonds. The van der Waals surface area contributed by atoms with Gasteiger partial charge in [-0.15, -0.1) is 0 Å². The Labute approximate surface area is 143 Å². The first kappa shape index (κ1) is 17.7. The Morgan fingerprint density at radius 2 is 1.67 bits per heavy atom. The number of hydrogen-bond acceptors (Lipinski definition) is 3. The molecule has 0 unspecified atom stereocenters. The number of methoxy groups -OCH3 is 2. The van der Waals surface area contributed by atoms with Crippen molar-refractivity contribution in [1.29, 1.82) is 0 Å². The fourth-order valence-electron chi connectivity index (χ4n) is 2.43. The van der Waals surface area contributed by atoms with Gasteiger partial charge in [-0.1, -0.05) is 30.3 Å². The lowest BCUT2D eigenvalue weighted by Gasteiger charge is -2.27. The number of hydrogen-bond donors (Lipinski definition) is 2. The Kier molecular flexibility index (Phi) is 5.68. The van der Waals surface area contributed by atoms with Crippen molar-refractivity contribution < 1.29 is 14.3 Å². The third kappa shape index (κ3) is 4.41. The van der Waals surface area contributed by atoms with Crippen molar-refractivity contribution in [3.8, 4) is 11.5 Å². The summed E-state index contributed by atoms with van der Waals surface area (Å²) in [5, 5.41) is 5.85. The second-order valence-electron chi connectivity index (χ2n) is 5.97. The summed E-state index contributed by atoms with van der Waals surface area (Å²) in [7, 11) is 3.25. The molecule has 0 aromatic heterocycles. The molecule has 0 saturated carbocycles. The van der Waals surface area contributed by atoms with Crippen LogP contribution in [0.3, 0.4) is 0 Å². The molecule has 2 rings (SSSR count). The Morgan fingerprint density at radius 3 is 2.29 bits per heavy atom. The van der Waals surface area contributed by atoms with Gasteiger partial charge in [0.05, 0.1) is 19.8 Å². The van der Waals surface area contributed by atoms with Gasteiger partial charge in [0.2, 0.25) is 0 Å². The van der Waals surface area contributed by atoms with Gasteiger partial charge in [0.15, 0.2) is 0 Å². The maximum Gasteiger partial charge on any atom is 0.315 e. The zero-order valence-electron chi connectivity index (χ0n) is 14.6. The van der Waals surface area contributed by atoms with E-state index in [4.69, 9.17) is 9.47 Å². The first-order valence-corrected chi connectivity index (χ1v) is 7.78. The highest BCUT2D eigenvalue weighted by Gasteiger charge is 2.22. The van der Waals surface area contributed by atoms with Gasteiger partial charge < -0.3 is 20.1 Å². The molecule has 2 N–H and O–H groups in total. The van der Waals surface area contributed by atoms with Gasteiger partial charge in [-0.05, 0) is 37.6 Å². The molecule has 0 fully saturated rings. The molecule has 0 heterocycles. The van der Waals surface area contributed by atoms with Gasteiger partial charge in [0, 0.05) is 12.1 Å². The van der Waals surface area contributed by atoms with Crippen LogP contribution in [-0.4, -0.2) is 20.3 Å². The molecule has 0 aliphatic heterocycles. The largest absolute Gasteiger partial charge is 0.497 e. The molecule has 2 aromatic carbocycles. The van der Waals surface area contributed by atoms with Crippen molar-refractivity contribution in [1.82, 2.24) is 10.6 Å². The molecule has 5 heteroatoms. The number of benzene rings is 2. The molecule has 0 spiro atoms. The number of carbonyl (C=O) groups is 1. The summed E-state index contributed by atoms with van der Waals surface area (Å²) in [4.78, 5) is 12.2. The average molecular weight is 328 g/mol. The van der Waals surface area contributed by atoms with Crippen LogP contribution in [0.4, 0.5) is 4.79 Å². The van der Waals surface area contributed by atoms with E-state index in [1.54, 1.807) is 14.2 Å². The molecule has 128 valence electrons. The third-order valence-corrected chi connectivity index (χ3v) is 3.87. The second kappa shape index (κ2) is 7.73. The Morgan fingerprint density at radius 1 is 1.00 bits per heavy atom. The van der Waals surface area contributed by atoms with E-state index in [9.17, 15) is 4.79 Å². The van der Waals surface area contributed by atoms with E-state index in [0.29, 0.717) is 6.54 Å². The van der Waals surface area contributed by atoms with E-state index in [2.05, 4.69) is 10.6 Å². The minimum Gasteiger partial charge on any atom is -0.497 e. The number of ether oxygens (including phenoxy) is 2. The highest BCUT2D eigenvalue weighted by Crippen LogP contribution is 2.22. The van der Waals surface area contributed by atoms with E-state index in [-0.39, 0.29) is 6.03 Å². The number of para-hydroxylation sites is 1. The number of amides is 2. The number of urea groups is 1. The molecule has 0 saturated heterocycles. The van der Waals surface area contributed by atoms with Crippen LogP contribution in [0.5, 0.6) is 11.5 Å². The highest BCUT2D eigenvalue weighted by atomic mass is 16.5. The minimum atomic E-state index is -0.503. The molecular weight excluding hydrogens is 304 g/mol. The van der Waals surface area contributed by atoms with Crippen LogP contribution in [0.2, 0.25) is 0 Å². The van der Waals surface area contributed by atoms with Gasteiger partial charge in [-0.3, -0.25) is 0 Å². The maximum atomic E-state index is 12.2. The molecule has 2 aromatic rings. The van der Waals surface area contributed by atoms with Crippen LogP contribution in [-0.2, 0) is 12.1 Å². The third-order valence-electron chi connectivity index (χ3n) is 3.87. The average Bonchev–Trinajstić information content (AvgIpc) is 2.60. The lowest BCUT2D eigenvalue weighted by molar-refractivity contribution is 0.229. The summed E-state index contributed by atoms with van der Waals surface area (Å²) >= 11 is 0. The second-order valence-corrected chi connectivity index (χ2v) is 5.97. The lowest BCUT2D eigenvalue weighted by atomic mass is 9.94. The molecule has 0 radical (unpaired) electrons. The summed E-state index contributed by atoms with van der Waals surface area (Å²) in [5.74, 6) is 1.54. The van der Waals surface area contributed by atoms with Gasteiger partial charge in [-0.2, -0.15) is 0 Å². The van der Waals surface area contributed by atoms with Gasteiger partial charge in [0.1, 0.15) is 11.5 Å². The number of rotatable bonds is 6. The molecule has 5 nitrogen and oxygen atoms in total. The smallest absolute Gasteiger partial charge is 0.315 e. The molecule has 0 atom stereocenters. The predicted molar refractivity (Wildman–Crippen MR) is 94.4 cm³/mol. The zero-order chi connectivity index (χ0) is 17.6. The van der Waals surface area contributed by atoms with Crippen LogP contribution < -0.4 is 20.1 Å². The first-order chi connectivity index (χ1) is 11.5. The summed E-state index contributed by atoms with van der Waals surface area (Å²) in [6.07, 6.45) is 0. The normalized spacial score (nSPS) is 10.8. The van der Waals surface area contributed by atoms with Crippen molar-refractivity contribution >= 4 is 6.03 Å². The van der Waals surface area contributed by atoms with Crippen LogP contribution in [0, 0.1) is 0 Å². The Bertz CT molecular complexity index is 681. The Balaban J connectivity index is 1.97. The standard InChI is InChI=1S/C19H24N2O3/c1-19(2,15-9-11-16(23-3)12-10-15)21-18(22)20-13-14-7-5-6-8-17(14)24-4/h5-12H,13H2,1-4H3,(H2,20,21,22). The van der Waals surface area contributed by atoms with Crippen molar-refractivity contribution in [3.05, 3.63) is 59.7 Å². The summed E-state index contributed by atoms with van der Waals surface area (Å²) in [6, 6.07) is 15.0. The lowest BCUT2D eigenvalue weighted by Crippen LogP contribution is -2.46. The Hall–Kier alpha value is -2.69. The van der Waals surface area contributed by atoms with E-state index in [0.717, 1.165) is 22.6 Å². The number of nitrogens with one attached hydrogen (secondary N) is 2. The monoisotopic (exact) mass is 328 g/mol. The topological polar surface area (TPSA) is 59.6 Å². The van der Waals surface area contributed by atoms with Crippen LogP contribution in [0.25, 0.3) is 0 Å². The van der Waals surface area contributed by atoms with Crippen molar-refractivity contribution in [2.45, 2.75) is 25.9 Å². The zero-order valence-corrected chi connectivity index (χ0v) is 14.6. The fraction of sp³-hybridized carbons (Fsp3) is 0.316. The van der Waals surface area contributed by atoms with Crippen LogP contribution >= 0.6 is 0 Å². The summed E-state index contributed by atoms with van der Waals surface area (Å²) in [6.45, 7) is 4.31. The molecule has 24 heavy (non-hydrogen) atoms. The first-order valence-electron chi connectivity index (χ1n) is 7.78. The van der Waals surface area contributed by atoms with E-state index in [1.807, 2.05) is 62.4 Å². The van der Waals surface area contributed by atoms with Gasteiger partial charge in [-0.25, -0.2) is 4.79 Å².